The van der Waals surface area contributed by atoms with E-state index in [4.69, 9.17) is 5.26 Å². The number of nitrogens with one attached hydrogen (secondary N) is 2. The van der Waals surface area contributed by atoms with Gasteiger partial charge in [-0.15, -0.1) is 0 Å². The maximum atomic E-state index is 12.6. The molecule has 0 saturated carbocycles. The van der Waals surface area contributed by atoms with Crippen LogP contribution in [0.1, 0.15) is 16.7 Å². The number of nitrogens with zero attached hydrogens (tertiary/aromatic N) is 2. The zero-order valence-corrected chi connectivity index (χ0v) is 13.6. The summed E-state index contributed by atoms with van der Waals surface area (Å²) in [5, 5.41) is 8.82. The van der Waals surface area contributed by atoms with E-state index in [1.165, 1.54) is 16.5 Å². The van der Waals surface area contributed by atoms with Gasteiger partial charge in [0, 0.05) is 11.6 Å². The molecular formula is C18H19F3N4+2. The molecule has 1 aromatic carbocycles. The van der Waals surface area contributed by atoms with E-state index in [1.54, 1.807) is 0 Å². The Hall–Kier alpha value is -2.59. The summed E-state index contributed by atoms with van der Waals surface area (Å²) in [7, 11) is 0. The molecule has 130 valence electrons. The van der Waals surface area contributed by atoms with Crippen LogP contribution in [0.2, 0.25) is 0 Å². The number of pyridine rings is 1. The van der Waals surface area contributed by atoms with E-state index >= 15 is 0 Å². The van der Waals surface area contributed by atoms with Crippen LogP contribution in [0.3, 0.4) is 0 Å². The standard InChI is InChI=1S/C18H17F3N4/c19-18(20,21)16-5-6-17(23-12-16)25-9-7-24(8-10-25)13-15-3-1-14(11-22)2-4-15/h1-6,12H,7-10,13H2/p+2. The van der Waals surface area contributed by atoms with Gasteiger partial charge in [-0.25, -0.2) is 4.98 Å². The summed E-state index contributed by atoms with van der Waals surface area (Å²) in [6.07, 6.45) is -3.30. The summed E-state index contributed by atoms with van der Waals surface area (Å²) in [5.74, 6) is 0.713. The van der Waals surface area contributed by atoms with Gasteiger partial charge in [-0.2, -0.15) is 18.4 Å². The third-order valence-electron chi connectivity index (χ3n) is 4.47. The van der Waals surface area contributed by atoms with Gasteiger partial charge < -0.3 is 4.90 Å². The lowest BCUT2D eigenvalue weighted by Gasteiger charge is -2.28. The summed E-state index contributed by atoms with van der Waals surface area (Å²) in [6.45, 7) is 4.28. The van der Waals surface area contributed by atoms with Crippen LogP contribution < -0.4 is 14.8 Å². The minimum Gasteiger partial charge on any atom is -0.325 e. The van der Waals surface area contributed by atoms with Crippen molar-refractivity contribution < 1.29 is 23.1 Å². The highest BCUT2D eigenvalue weighted by Crippen LogP contribution is 2.28. The number of benzene rings is 1. The van der Waals surface area contributed by atoms with Crippen LogP contribution in [0.4, 0.5) is 19.0 Å². The van der Waals surface area contributed by atoms with Gasteiger partial charge in [-0.05, 0) is 18.2 Å². The van der Waals surface area contributed by atoms with E-state index in [9.17, 15) is 13.2 Å². The van der Waals surface area contributed by atoms with Crippen molar-refractivity contribution in [1.82, 2.24) is 0 Å². The van der Waals surface area contributed by atoms with Crippen molar-refractivity contribution in [2.45, 2.75) is 12.7 Å². The number of anilines is 1. The Morgan fingerprint density at radius 1 is 1.08 bits per heavy atom. The molecule has 0 amide bonds. The van der Waals surface area contributed by atoms with Gasteiger partial charge in [0.05, 0.1) is 17.2 Å². The predicted molar refractivity (Wildman–Crippen MR) is 85.8 cm³/mol. The first-order chi connectivity index (χ1) is 12.0. The van der Waals surface area contributed by atoms with Crippen LogP contribution in [0.15, 0.2) is 42.6 Å². The molecule has 7 heteroatoms. The summed E-state index contributed by atoms with van der Waals surface area (Å²) in [5.41, 5.74) is 1.17. The quantitative estimate of drug-likeness (QED) is 0.909. The van der Waals surface area contributed by atoms with Crippen molar-refractivity contribution in [3.8, 4) is 6.07 Å². The summed E-state index contributed by atoms with van der Waals surface area (Å²) in [6, 6.07) is 12.3. The molecular weight excluding hydrogens is 329 g/mol. The Morgan fingerprint density at radius 3 is 2.28 bits per heavy atom. The van der Waals surface area contributed by atoms with Gasteiger partial charge in [-0.1, -0.05) is 12.1 Å². The van der Waals surface area contributed by atoms with Gasteiger partial charge in [0.1, 0.15) is 38.9 Å². The fraction of sp³-hybridized carbons (Fsp3) is 0.333. The summed E-state index contributed by atoms with van der Waals surface area (Å²) in [4.78, 5) is 6.25. The topological polar surface area (TPSA) is 45.6 Å². The van der Waals surface area contributed by atoms with Crippen molar-refractivity contribution in [3.05, 3.63) is 59.3 Å². The molecule has 0 spiro atoms. The lowest BCUT2D eigenvalue weighted by Crippen LogP contribution is -3.13. The molecule has 2 aromatic rings. The first kappa shape index (κ1) is 17.2. The van der Waals surface area contributed by atoms with E-state index in [0.717, 1.165) is 45.0 Å². The molecule has 1 fully saturated rings. The molecule has 2 heterocycles. The maximum Gasteiger partial charge on any atom is 0.419 e. The first-order valence-electron chi connectivity index (χ1n) is 8.12. The van der Waals surface area contributed by atoms with Crippen LogP contribution in [-0.4, -0.2) is 26.2 Å². The molecule has 0 bridgehead atoms. The van der Waals surface area contributed by atoms with Gasteiger partial charge >= 0.3 is 6.18 Å². The fourth-order valence-electron chi connectivity index (χ4n) is 3.02. The molecule has 0 atom stereocenters. The van der Waals surface area contributed by atoms with Gasteiger partial charge in [-0.3, -0.25) is 4.90 Å². The van der Waals surface area contributed by atoms with Crippen LogP contribution in [-0.2, 0) is 12.7 Å². The number of nitriles is 1. The second kappa shape index (κ2) is 7.11. The predicted octanol–water partition coefficient (Wildman–Crippen LogP) is 1.30. The molecule has 1 aliphatic rings. The second-order valence-corrected chi connectivity index (χ2v) is 6.18. The van der Waals surface area contributed by atoms with Crippen molar-refractivity contribution in [2.24, 2.45) is 0 Å². The van der Waals surface area contributed by atoms with Crippen LogP contribution in [0, 0.1) is 11.3 Å². The molecule has 1 saturated heterocycles. The number of aromatic nitrogens is 1. The molecule has 1 aromatic heterocycles. The van der Waals surface area contributed by atoms with E-state index in [2.05, 4.69) is 16.0 Å². The number of H-pyrrole nitrogens is 1. The third kappa shape index (κ3) is 4.28. The van der Waals surface area contributed by atoms with Crippen molar-refractivity contribution in [1.29, 1.82) is 5.26 Å². The average Bonchev–Trinajstić information content (AvgIpc) is 2.62. The van der Waals surface area contributed by atoms with E-state index in [1.807, 2.05) is 24.3 Å². The Balaban J connectivity index is 1.55. The number of hydrogen-bond acceptors (Lipinski definition) is 2. The van der Waals surface area contributed by atoms with E-state index in [0.29, 0.717) is 11.4 Å². The molecule has 0 unspecified atom stereocenters. The molecule has 25 heavy (non-hydrogen) atoms. The van der Waals surface area contributed by atoms with Gasteiger partial charge in [0.15, 0.2) is 0 Å². The van der Waals surface area contributed by atoms with Gasteiger partial charge in [0.25, 0.3) is 5.82 Å². The lowest BCUT2D eigenvalue weighted by atomic mass is 10.1. The summed E-state index contributed by atoms with van der Waals surface area (Å²) >= 11 is 0. The zero-order valence-electron chi connectivity index (χ0n) is 13.6. The molecule has 1 aliphatic heterocycles. The molecule has 3 rings (SSSR count). The number of halogens is 3. The smallest absolute Gasteiger partial charge is 0.325 e. The normalized spacial score (nSPS) is 15.8. The Bertz CT molecular complexity index is 740. The van der Waals surface area contributed by atoms with Crippen molar-refractivity contribution >= 4 is 5.82 Å². The molecule has 0 aliphatic carbocycles. The van der Waals surface area contributed by atoms with Crippen molar-refractivity contribution in [2.75, 3.05) is 31.1 Å². The maximum absolute atomic E-state index is 12.6. The monoisotopic (exact) mass is 348 g/mol. The Kier molecular flexibility index (Phi) is 4.91. The molecule has 4 nitrogen and oxygen atoms in total. The number of aromatic amines is 1. The highest BCUT2D eigenvalue weighted by atomic mass is 19.4. The highest BCUT2D eigenvalue weighted by Gasteiger charge is 2.33. The highest BCUT2D eigenvalue weighted by molar-refractivity contribution is 5.34. The number of piperazine rings is 1. The van der Waals surface area contributed by atoms with E-state index in [-0.39, 0.29) is 0 Å². The van der Waals surface area contributed by atoms with Crippen LogP contribution >= 0.6 is 0 Å². The SMILES string of the molecule is N#Cc1ccc(C[NH+]2CCN(c3ccc(C(F)(F)F)c[nH+]3)CC2)cc1. The van der Waals surface area contributed by atoms with Crippen molar-refractivity contribution in [3.63, 3.8) is 0 Å². The minimum absolute atomic E-state index is 0.654. The first-order valence-corrected chi connectivity index (χ1v) is 8.12. The summed E-state index contributed by atoms with van der Waals surface area (Å²) < 4.78 is 37.8. The fourth-order valence-corrected chi connectivity index (χ4v) is 3.02. The van der Waals surface area contributed by atoms with Crippen LogP contribution in [0.25, 0.3) is 0 Å². The van der Waals surface area contributed by atoms with Gasteiger partial charge in [0.2, 0.25) is 0 Å². The number of alkyl halides is 3. The Morgan fingerprint density at radius 2 is 1.76 bits per heavy atom. The molecule has 2 N–H and O–H groups in total. The number of hydrogen-bond donors (Lipinski definition) is 1. The second-order valence-electron chi connectivity index (χ2n) is 6.18. The number of rotatable bonds is 3. The number of quaternary nitrogens is 1. The third-order valence-corrected chi connectivity index (χ3v) is 4.47. The average molecular weight is 348 g/mol. The van der Waals surface area contributed by atoms with E-state index < -0.39 is 11.7 Å². The molecule has 0 radical (unpaired) electrons. The van der Waals surface area contributed by atoms with Crippen LogP contribution in [0.5, 0.6) is 0 Å². The Labute approximate surface area is 144 Å². The zero-order chi connectivity index (χ0) is 17.9. The largest absolute Gasteiger partial charge is 0.419 e. The lowest BCUT2D eigenvalue weighted by molar-refractivity contribution is -0.914. The minimum atomic E-state index is -4.32.